The lowest BCUT2D eigenvalue weighted by molar-refractivity contribution is -0.0498. The number of benzene rings is 2. The summed E-state index contributed by atoms with van der Waals surface area (Å²) in [5, 5.41) is 10.3. The van der Waals surface area contributed by atoms with E-state index in [4.69, 9.17) is 23.2 Å². The first-order chi connectivity index (χ1) is 13.5. The molecule has 0 aliphatic rings. The third-order valence-corrected chi connectivity index (χ3v) is 5.47. The molecule has 0 radical (unpaired) electrons. The van der Waals surface area contributed by atoms with Crippen molar-refractivity contribution in [2.24, 2.45) is 0 Å². The van der Waals surface area contributed by atoms with Gasteiger partial charge in [0.25, 0.3) is 0 Å². The summed E-state index contributed by atoms with van der Waals surface area (Å²) in [7, 11) is 0. The molecule has 4 nitrogen and oxygen atoms in total. The van der Waals surface area contributed by atoms with Gasteiger partial charge in [-0.25, -0.2) is 0 Å². The van der Waals surface area contributed by atoms with Crippen molar-refractivity contribution < 1.29 is 13.5 Å². The van der Waals surface area contributed by atoms with Gasteiger partial charge in [0.05, 0.1) is 0 Å². The number of ether oxygens (including phenoxy) is 1. The zero-order valence-corrected chi connectivity index (χ0v) is 16.8. The van der Waals surface area contributed by atoms with E-state index in [9.17, 15) is 8.78 Å². The molecule has 0 bridgehead atoms. The Morgan fingerprint density at radius 1 is 1.11 bits per heavy atom. The average molecular weight is 442 g/mol. The molecule has 0 atom stereocenters. The lowest BCUT2D eigenvalue weighted by atomic mass is 10.2. The van der Waals surface area contributed by atoms with Crippen LogP contribution in [0.1, 0.15) is 5.56 Å². The quantitative estimate of drug-likeness (QED) is 0.302. The fraction of sp³-hybridized carbons (Fsp3) is 0.158. The van der Waals surface area contributed by atoms with Gasteiger partial charge in [-0.05, 0) is 42.0 Å². The third-order valence-electron chi connectivity index (χ3n) is 3.77. The SMILES string of the molecule is C=CCn1c(SCc2c(Cl)cccc2Cl)nnc1-c1ccc(OC(F)F)cc1. The molecule has 3 aromatic rings. The van der Waals surface area contributed by atoms with Gasteiger partial charge in [0.15, 0.2) is 11.0 Å². The molecule has 0 aliphatic heterocycles. The van der Waals surface area contributed by atoms with Gasteiger partial charge in [-0.2, -0.15) is 8.78 Å². The molecule has 0 saturated heterocycles. The zero-order chi connectivity index (χ0) is 20.1. The molecule has 0 unspecified atom stereocenters. The molecule has 0 fully saturated rings. The second-order valence-corrected chi connectivity index (χ2v) is 7.35. The van der Waals surface area contributed by atoms with Crippen LogP contribution in [0.5, 0.6) is 5.75 Å². The highest BCUT2D eigenvalue weighted by Crippen LogP contribution is 2.32. The summed E-state index contributed by atoms with van der Waals surface area (Å²) >= 11 is 13.9. The lowest BCUT2D eigenvalue weighted by Crippen LogP contribution is -2.02. The maximum Gasteiger partial charge on any atom is 0.387 e. The van der Waals surface area contributed by atoms with E-state index in [1.54, 1.807) is 36.4 Å². The van der Waals surface area contributed by atoms with Crippen molar-refractivity contribution in [3.63, 3.8) is 0 Å². The predicted molar refractivity (Wildman–Crippen MR) is 108 cm³/mol. The van der Waals surface area contributed by atoms with E-state index in [2.05, 4.69) is 21.5 Å². The van der Waals surface area contributed by atoms with E-state index < -0.39 is 6.61 Å². The van der Waals surface area contributed by atoms with Crippen molar-refractivity contribution in [3.8, 4) is 17.1 Å². The number of aromatic nitrogens is 3. The molecular formula is C19H15Cl2F2N3OS. The van der Waals surface area contributed by atoms with Gasteiger partial charge in [-0.3, -0.25) is 4.57 Å². The van der Waals surface area contributed by atoms with E-state index in [-0.39, 0.29) is 5.75 Å². The molecule has 1 heterocycles. The number of rotatable bonds is 8. The molecular weight excluding hydrogens is 427 g/mol. The second-order valence-electron chi connectivity index (χ2n) is 5.60. The molecule has 0 N–H and O–H groups in total. The molecule has 0 aliphatic carbocycles. The van der Waals surface area contributed by atoms with E-state index in [1.807, 2.05) is 4.57 Å². The van der Waals surface area contributed by atoms with Crippen LogP contribution in [-0.4, -0.2) is 21.4 Å². The second kappa shape index (κ2) is 9.41. The monoisotopic (exact) mass is 441 g/mol. The Hall–Kier alpha value is -2.09. The highest BCUT2D eigenvalue weighted by molar-refractivity contribution is 7.98. The highest BCUT2D eigenvalue weighted by atomic mass is 35.5. The number of hydrogen-bond donors (Lipinski definition) is 0. The fourth-order valence-corrected chi connectivity index (χ4v) is 4.18. The standard InChI is InChI=1S/C19H15Cl2F2N3OS/c1-2-10-26-17(12-6-8-13(9-7-12)27-18(22)23)24-25-19(26)28-11-14-15(20)4-3-5-16(14)21/h2-9,18H,1,10-11H2. The van der Waals surface area contributed by atoms with Gasteiger partial charge in [0, 0.05) is 27.9 Å². The minimum Gasteiger partial charge on any atom is -0.435 e. The van der Waals surface area contributed by atoms with E-state index >= 15 is 0 Å². The van der Waals surface area contributed by atoms with Gasteiger partial charge < -0.3 is 4.74 Å². The molecule has 9 heteroatoms. The van der Waals surface area contributed by atoms with Gasteiger partial charge in [0.1, 0.15) is 5.75 Å². The van der Waals surface area contributed by atoms with Crippen LogP contribution in [0.25, 0.3) is 11.4 Å². The fourth-order valence-electron chi connectivity index (χ4n) is 2.50. The lowest BCUT2D eigenvalue weighted by Gasteiger charge is -2.10. The Kier molecular flexibility index (Phi) is 6.93. The number of hydrogen-bond acceptors (Lipinski definition) is 4. The van der Waals surface area contributed by atoms with Crippen LogP contribution in [0.3, 0.4) is 0 Å². The van der Waals surface area contributed by atoms with Crippen LogP contribution in [0, 0.1) is 0 Å². The largest absolute Gasteiger partial charge is 0.435 e. The first-order valence-electron chi connectivity index (χ1n) is 8.14. The molecule has 0 spiro atoms. The number of halogens is 4. The predicted octanol–water partition coefficient (Wildman–Crippen LogP) is 6.33. The van der Waals surface area contributed by atoms with E-state index in [0.29, 0.717) is 33.3 Å². The number of alkyl halides is 2. The van der Waals surface area contributed by atoms with E-state index in [1.165, 1.54) is 23.9 Å². The molecule has 3 rings (SSSR count). The zero-order valence-electron chi connectivity index (χ0n) is 14.5. The van der Waals surface area contributed by atoms with Gasteiger partial charge in [-0.1, -0.05) is 47.1 Å². The summed E-state index contributed by atoms with van der Waals surface area (Å²) in [4.78, 5) is 0. The topological polar surface area (TPSA) is 39.9 Å². The van der Waals surface area contributed by atoms with Crippen molar-refractivity contribution in [1.29, 1.82) is 0 Å². The number of allylic oxidation sites excluding steroid dienone is 1. The Balaban J connectivity index is 1.84. The first kappa shape index (κ1) is 20.6. The summed E-state index contributed by atoms with van der Waals surface area (Å²) in [6, 6.07) is 11.6. The maximum absolute atomic E-state index is 12.3. The van der Waals surface area contributed by atoms with Crippen molar-refractivity contribution in [2.75, 3.05) is 0 Å². The average Bonchev–Trinajstić information content (AvgIpc) is 3.05. The first-order valence-corrected chi connectivity index (χ1v) is 9.88. The molecule has 146 valence electrons. The number of nitrogens with zero attached hydrogens (tertiary/aromatic N) is 3. The summed E-state index contributed by atoms with van der Waals surface area (Å²) in [6.45, 7) is 1.39. The van der Waals surface area contributed by atoms with Crippen molar-refractivity contribution in [2.45, 2.75) is 24.1 Å². The molecule has 1 aromatic heterocycles. The van der Waals surface area contributed by atoms with Crippen LogP contribution in [0.15, 0.2) is 60.3 Å². The van der Waals surface area contributed by atoms with Gasteiger partial charge in [-0.15, -0.1) is 16.8 Å². The minimum absolute atomic E-state index is 0.0801. The van der Waals surface area contributed by atoms with Crippen molar-refractivity contribution in [3.05, 3.63) is 70.7 Å². The molecule has 28 heavy (non-hydrogen) atoms. The Morgan fingerprint density at radius 3 is 2.39 bits per heavy atom. The van der Waals surface area contributed by atoms with Crippen LogP contribution < -0.4 is 4.74 Å². The summed E-state index contributed by atoms with van der Waals surface area (Å²) in [5.74, 6) is 1.20. The normalized spacial score (nSPS) is 11.0. The van der Waals surface area contributed by atoms with Crippen LogP contribution in [-0.2, 0) is 12.3 Å². The van der Waals surface area contributed by atoms with Crippen LogP contribution in [0.4, 0.5) is 8.78 Å². The van der Waals surface area contributed by atoms with Gasteiger partial charge >= 0.3 is 6.61 Å². The third kappa shape index (κ3) is 4.84. The minimum atomic E-state index is -2.87. The van der Waals surface area contributed by atoms with Crippen molar-refractivity contribution >= 4 is 35.0 Å². The molecule has 2 aromatic carbocycles. The van der Waals surface area contributed by atoms with Gasteiger partial charge in [0.2, 0.25) is 0 Å². The Bertz CT molecular complexity index is 944. The Morgan fingerprint density at radius 2 is 1.79 bits per heavy atom. The van der Waals surface area contributed by atoms with Crippen LogP contribution in [0.2, 0.25) is 10.0 Å². The Labute approximate surface area is 175 Å². The smallest absolute Gasteiger partial charge is 0.387 e. The molecule has 0 amide bonds. The van der Waals surface area contributed by atoms with E-state index in [0.717, 1.165) is 11.1 Å². The summed E-state index contributed by atoms with van der Waals surface area (Å²) in [5.41, 5.74) is 1.54. The molecule has 0 saturated carbocycles. The highest BCUT2D eigenvalue weighted by Gasteiger charge is 2.15. The summed E-state index contributed by atoms with van der Waals surface area (Å²) < 4.78 is 30.9. The maximum atomic E-state index is 12.3. The van der Waals surface area contributed by atoms with Crippen LogP contribution >= 0.6 is 35.0 Å². The number of thioether (sulfide) groups is 1. The summed E-state index contributed by atoms with van der Waals surface area (Å²) in [6.07, 6.45) is 1.73. The van der Waals surface area contributed by atoms with Crippen molar-refractivity contribution in [1.82, 2.24) is 14.8 Å².